The lowest BCUT2D eigenvalue weighted by Crippen LogP contribution is -2.70. The zero-order valence-electron chi connectivity index (χ0n) is 9.66. The normalized spacial score (nSPS) is 66.9. The Labute approximate surface area is 87.5 Å². The van der Waals surface area contributed by atoms with Gasteiger partial charge in [0.1, 0.15) is 0 Å². The van der Waals surface area contributed by atoms with Crippen LogP contribution in [0.15, 0.2) is 0 Å². The lowest BCUT2D eigenvalue weighted by Gasteiger charge is -2.75. The van der Waals surface area contributed by atoms with E-state index < -0.39 is 0 Å². The highest BCUT2D eigenvalue weighted by atomic mass is 14.9. The molecule has 7 atom stereocenters. The van der Waals surface area contributed by atoms with Crippen molar-refractivity contribution in [2.24, 2.45) is 46.8 Å². The first kappa shape index (κ1) is 8.19. The van der Waals surface area contributed by atoms with Crippen LogP contribution in [0, 0.1) is 46.8 Å². The van der Waals surface area contributed by atoms with Crippen molar-refractivity contribution in [3.05, 3.63) is 0 Å². The van der Waals surface area contributed by atoms with Crippen LogP contribution in [-0.4, -0.2) is 0 Å². The smallest absolute Gasteiger partial charge is 0.0196 e. The molecular weight excluding hydrogens is 168 g/mol. The molecule has 0 heterocycles. The van der Waals surface area contributed by atoms with Crippen LogP contribution in [0.5, 0.6) is 0 Å². The van der Waals surface area contributed by atoms with Crippen molar-refractivity contribution >= 4 is 0 Å². The van der Waals surface area contributed by atoms with Crippen molar-refractivity contribution in [1.29, 1.82) is 0 Å². The first-order valence-corrected chi connectivity index (χ1v) is 6.71. The Hall–Kier alpha value is 0. The Kier molecular flexibility index (Phi) is 1.22. The zero-order chi connectivity index (χ0) is 9.66. The monoisotopic (exact) mass is 190 g/mol. The number of hydrogen-bond donors (Lipinski definition) is 0. The second-order valence-corrected chi connectivity index (χ2v) is 6.85. The molecule has 2 bridgehead atoms. The van der Waals surface area contributed by atoms with Gasteiger partial charge in [0.15, 0.2) is 0 Å². The molecule has 0 N–H and O–H groups in total. The number of rotatable bonds is 2. The third-order valence-corrected chi connectivity index (χ3v) is 6.55. The van der Waals surface area contributed by atoms with E-state index in [-0.39, 0.29) is 0 Å². The molecule has 78 valence electrons. The van der Waals surface area contributed by atoms with Gasteiger partial charge in [-0.05, 0) is 59.7 Å². The van der Waals surface area contributed by atoms with Crippen LogP contribution in [0.2, 0.25) is 0 Å². The molecule has 5 aliphatic rings. The maximum Gasteiger partial charge on any atom is -0.0196 e. The molecular formula is C14H22. The van der Waals surface area contributed by atoms with Crippen LogP contribution >= 0.6 is 0 Å². The average molecular weight is 190 g/mol. The minimum Gasteiger partial charge on any atom is -0.0651 e. The van der Waals surface area contributed by atoms with Crippen molar-refractivity contribution in [1.82, 2.24) is 0 Å². The highest BCUT2D eigenvalue weighted by Crippen LogP contribution is 2.90. The summed E-state index contributed by atoms with van der Waals surface area (Å²) in [4.78, 5) is 0. The summed E-state index contributed by atoms with van der Waals surface area (Å²) < 4.78 is 0. The summed E-state index contributed by atoms with van der Waals surface area (Å²) >= 11 is 0. The first-order chi connectivity index (χ1) is 6.71. The van der Waals surface area contributed by atoms with Crippen LogP contribution < -0.4 is 0 Å². The van der Waals surface area contributed by atoms with E-state index in [0.29, 0.717) is 0 Å². The topological polar surface area (TPSA) is 0 Å². The number of fused-ring (bicyclic) bond motifs is 1. The Morgan fingerprint density at radius 3 is 2.64 bits per heavy atom. The molecule has 5 aliphatic carbocycles. The Bertz CT molecular complexity index is 292. The highest BCUT2D eigenvalue weighted by molar-refractivity contribution is 5.32. The van der Waals surface area contributed by atoms with Gasteiger partial charge in [-0.2, -0.15) is 0 Å². The van der Waals surface area contributed by atoms with Gasteiger partial charge in [-0.25, -0.2) is 0 Å². The maximum absolute atomic E-state index is 2.46. The van der Waals surface area contributed by atoms with Crippen LogP contribution in [0.25, 0.3) is 0 Å². The fourth-order valence-corrected chi connectivity index (χ4v) is 6.35. The van der Waals surface area contributed by atoms with Gasteiger partial charge in [0.2, 0.25) is 0 Å². The fourth-order valence-electron chi connectivity index (χ4n) is 6.35. The van der Waals surface area contributed by atoms with Gasteiger partial charge in [0, 0.05) is 0 Å². The van der Waals surface area contributed by atoms with Crippen molar-refractivity contribution in [2.45, 2.75) is 40.0 Å². The lowest BCUT2D eigenvalue weighted by molar-refractivity contribution is -0.278. The molecule has 0 aromatic heterocycles. The van der Waals surface area contributed by atoms with E-state index in [0.717, 1.165) is 23.2 Å². The van der Waals surface area contributed by atoms with Gasteiger partial charge in [-0.1, -0.05) is 27.2 Å². The molecule has 0 aromatic carbocycles. The molecule has 0 saturated heterocycles. The summed E-state index contributed by atoms with van der Waals surface area (Å²) in [5.41, 5.74) is 0.921. The van der Waals surface area contributed by atoms with Gasteiger partial charge in [-0.15, -0.1) is 0 Å². The quantitative estimate of drug-likeness (QED) is 0.624. The fraction of sp³-hybridized carbons (Fsp3) is 1.00. The molecule has 0 nitrogen and oxygen atoms in total. The summed E-state index contributed by atoms with van der Waals surface area (Å²) in [5, 5.41) is 0. The molecule has 7 unspecified atom stereocenters. The van der Waals surface area contributed by atoms with Gasteiger partial charge >= 0.3 is 0 Å². The second-order valence-electron chi connectivity index (χ2n) is 6.85. The van der Waals surface area contributed by atoms with Gasteiger partial charge in [0.25, 0.3) is 0 Å². The van der Waals surface area contributed by atoms with Crippen LogP contribution in [0.1, 0.15) is 40.0 Å². The predicted octanol–water partition coefficient (Wildman–Crippen LogP) is 3.57. The molecule has 0 radical (unpaired) electrons. The van der Waals surface area contributed by atoms with E-state index in [2.05, 4.69) is 20.8 Å². The third kappa shape index (κ3) is 0.558. The van der Waals surface area contributed by atoms with E-state index in [9.17, 15) is 0 Å². The van der Waals surface area contributed by atoms with Crippen molar-refractivity contribution in [3.63, 3.8) is 0 Å². The summed E-state index contributed by atoms with van der Waals surface area (Å²) in [7, 11) is 0. The predicted molar refractivity (Wildman–Crippen MR) is 57.7 cm³/mol. The summed E-state index contributed by atoms with van der Waals surface area (Å²) in [6.07, 6.45) is 4.74. The minimum absolute atomic E-state index is 0.921. The van der Waals surface area contributed by atoms with Crippen molar-refractivity contribution < 1.29 is 0 Å². The molecule has 0 amide bonds. The highest BCUT2D eigenvalue weighted by Gasteiger charge is 2.84. The van der Waals surface area contributed by atoms with E-state index >= 15 is 0 Å². The SMILES string of the molecule is CCC1C2CC3C4CC3(C4C(C)C)C12. The second kappa shape index (κ2) is 2.08. The van der Waals surface area contributed by atoms with E-state index in [4.69, 9.17) is 0 Å². The molecule has 0 aliphatic heterocycles. The maximum atomic E-state index is 2.46. The average Bonchev–Trinajstić information content (AvgIpc) is 2.65. The molecule has 1 spiro atoms. The molecule has 5 rings (SSSR count). The molecule has 0 aromatic rings. The van der Waals surface area contributed by atoms with E-state index in [1.54, 1.807) is 12.8 Å². The van der Waals surface area contributed by atoms with Crippen LogP contribution in [0.3, 0.4) is 0 Å². The summed E-state index contributed by atoms with van der Waals surface area (Å²) in [5.74, 6) is 8.08. The van der Waals surface area contributed by atoms with E-state index in [1.165, 1.54) is 30.1 Å². The summed E-state index contributed by atoms with van der Waals surface area (Å²) in [6, 6.07) is 0. The molecule has 5 saturated carbocycles. The first-order valence-electron chi connectivity index (χ1n) is 6.71. The largest absolute Gasteiger partial charge is 0.0651 e. The molecule has 14 heavy (non-hydrogen) atoms. The molecule has 5 fully saturated rings. The lowest BCUT2D eigenvalue weighted by atomic mass is 9.29. The standard InChI is InChI=1S/C14H22/c1-4-8-9-5-11-10-6-14(11,13(8)9)12(10)7(2)3/h7-13H,4-6H2,1-3H3. The molecule has 0 heteroatoms. The van der Waals surface area contributed by atoms with Gasteiger partial charge in [-0.3, -0.25) is 0 Å². The minimum atomic E-state index is 0.921. The van der Waals surface area contributed by atoms with Gasteiger partial charge < -0.3 is 0 Å². The van der Waals surface area contributed by atoms with Crippen LogP contribution in [-0.2, 0) is 0 Å². The third-order valence-electron chi connectivity index (χ3n) is 6.55. The van der Waals surface area contributed by atoms with E-state index in [1.807, 2.05) is 0 Å². The van der Waals surface area contributed by atoms with Crippen molar-refractivity contribution in [2.75, 3.05) is 0 Å². The summed E-state index contributed by atoms with van der Waals surface area (Å²) in [6.45, 7) is 7.34. The van der Waals surface area contributed by atoms with Gasteiger partial charge in [0.05, 0.1) is 0 Å². The number of hydrogen-bond acceptors (Lipinski definition) is 0. The van der Waals surface area contributed by atoms with Crippen LogP contribution in [0.4, 0.5) is 0 Å². The zero-order valence-corrected chi connectivity index (χ0v) is 9.66. The van der Waals surface area contributed by atoms with Crippen molar-refractivity contribution in [3.8, 4) is 0 Å². The Balaban J connectivity index is 1.64. The Morgan fingerprint density at radius 2 is 2.07 bits per heavy atom. The Morgan fingerprint density at radius 1 is 1.29 bits per heavy atom.